The van der Waals surface area contributed by atoms with E-state index in [1.807, 2.05) is 0 Å². The number of amides is 1. The van der Waals surface area contributed by atoms with Crippen LogP contribution in [0.15, 0.2) is 69.3 Å². The van der Waals surface area contributed by atoms with Crippen molar-refractivity contribution in [1.29, 1.82) is 0 Å². The van der Waals surface area contributed by atoms with Gasteiger partial charge in [0.1, 0.15) is 0 Å². The Bertz CT molecular complexity index is 1200. The highest BCUT2D eigenvalue weighted by Gasteiger charge is 2.44. The van der Waals surface area contributed by atoms with E-state index in [1.54, 1.807) is 6.07 Å². The molecular weight excluding hydrogens is 493 g/mol. The average Bonchev–Trinajstić information content (AvgIpc) is 2.78. The van der Waals surface area contributed by atoms with Crippen molar-refractivity contribution in [2.75, 3.05) is 13.1 Å². The Morgan fingerprint density at radius 2 is 1.44 bits per heavy atom. The van der Waals surface area contributed by atoms with Crippen molar-refractivity contribution in [3.63, 3.8) is 0 Å². The van der Waals surface area contributed by atoms with Crippen molar-refractivity contribution in [3.05, 3.63) is 54.6 Å². The summed E-state index contributed by atoms with van der Waals surface area (Å²) in [6, 6.07) is 11.3. The fourth-order valence-electron chi connectivity index (χ4n) is 3.29. The maximum atomic E-state index is 13.0. The van der Waals surface area contributed by atoms with Gasteiger partial charge < -0.3 is 4.90 Å². The van der Waals surface area contributed by atoms with E-state index in [0.717, 1.165) is 6.07 Å². The zero-order valence-corrected chi connectivity index (χ0v) is 18.8. The van der Waals surface area contributed by atoms with E-state index < -0.39 is 38.0 Å². The topological polar surface area (TPSA) is 91.8 Å². The van der Waals surface area contributed by atoms with E-state index in [9.17, 15) is 34.8 Å². The SMILES string of the molecule is O=C(N1CCC(N(Cl)S(=O)(=O)c2cccc(S(=O)(=O)c3ccccc3)c2)CC1)C(F)(F)F. The summed E-state index contributed by atoms with van der Waals surface area (Å²) < 4.78 is 89.8. The lowest BCUT2D eigenvalue weighted by molar-refractivity contribution is -0.186. The minimum absolute atomic E-state index is 0.0148. The molecule has 1 aliphatic rings. The molecular formula is C19H18ClF3N2O5S2. The first-order valence-corrected chi connectivity index (χ1v) is 12.6. The molecule has 2 aromatic rings. The molecule has 174 valence electrons. The van der Waals surface area contributed by atoms with E-state index in [4.69, 9.17) is 11.8 Å². The highest BCUT2D eigenvalue weighted by atomic mass is 35.5. The fourth-order valence-corrected chi connectivity index (χ4v) is 6.45. The standard InChI is InChI=1S/C19H18ClF3N2O5S2/c20-25(14-9-11-24(12-10-14)18(26)19(21,22)23)32(29,30)17-8-4-7-16(13-17)31(27,28)15-5-2-1-3-6-15/h1-8,13-14H,9-12H2. The smallest absolute Gasteiger partial charge is 0.335 e. The zero-order valence-electron chi connectivity index (χ0n) is 16.4. The monoisotopic (exact) mass is 510 g/mol. The normalized spacial score (nSPS) is 16.3. The van der Waals surface area contributed by atoms with E-state index in [2.05, 4.69) is 0 Å². The van der Waals surface area contributed by atoms with E-state index in [1.165, 1.54) is 42.5 Å². The van der Waals surface area contributed by atoms with Gasteiger partial charge in [-0.2, -0.15) is 13.2 Å². The molecule has 0 bridgehead atoms. The van der Waals surface area contributed by atoms with Gasteiger partial charge >= 0.3 is 12.1 Å². The number of halogens is 4. The van der Waals surface area contributed by atoms with Crippen LogP contribution in [0.5, 0.6) is 0 Å². The second-order valence-corrected chi connectivity index (χ2v) is 11.4. The number of likely N-dealkylation sites (tertiary alicyclic amines) is 1. The van der Waals surface area contributed by atoms with Gasteiger partial charge in [0.25, 0.3) is 10.0 Å². The van der Waals surface area contributed by atoms with Crippen LogP contribution in [0.25, 0.3) is 0 Å². The Balaban J connectivity index is 1.80. The van der Waals surface area contributed by atoms with Crippen LogP contribution in [-0.2, 0) is 24.7 Å². The quantitative estimate of drug-likeness (QED) is 0.576. The minimum atomic E-state index is -5.01. The highest BCUT2D eigenvalue weighted by molar-refractivity contribution is 7.92. The Kier molecular flexibility index (Phi) is 6.89. The third-order valence-corrected chi connectivity index (χ3v) is 9.17. The maximum absolute atomic E-state index is 13.0. The number of hydrogen-bond acceptors (Lipinski definition) is 5. The largest absolute Gasteiger partial charge is 0.471 e. The van der Waals surface area contributed by atoms with Crippen LogP contribution >= 0.6 is 11.8 Å². The molecule has 0 saturated carbocycles. The van der Waals surface area contributed by atoms with Crippen molar-refractivity contribution in [3.8, 4) is 0 Å². The average molecular weight is 511 g/mol. The summed E-state index contributed by atoms with van der Waals surface area (Å²) in [7, 11) is -8.34. The number of alkyl halides is 3. The molecule has 0 unspecified atom stereocenters. The second kappa shape index (κ2) is 9.00. The molecule has 1 aliphatic heterocycles. The van der Waals surface area contributed by atoms with Gasteiger partial charge in [0, 0.05) is 19.1 Å². The fraction of sp³-hybridized carbons (Fsp3) is 0.316. The zero-order chi connectivity index (χ0) is 23.7. The van der Waals surface area contributed by atoms with Crippen molar-refractivity contribution in [2.24, 2.45) is 0 Å². The molecule has 13 heteroatoms. The summed E-state index contributed by atoms with van der Waals surface area (Å²) in [5, 5.41) is 0. The van der Waals surface area contributed by atoms with Crippen LogP contribution in [0.1, 0.15) is 12.8 Å². The first-order chi connectivity index (χ1) is 14.8. The first-order valence-electron chi connectivity index (χ1n) is 9.31. The third kappa shape index (κ3) is 4.92. The summed E-state index contributed by atoms with van der Waals surface area (Å²) in [5.74, 6) is -1.99. The number of nitrogens with zero attached hydrogens (tertiary/aromatic N) is 2. The number of sulfonamides is 1. The van der Waals surface area contributed by atoms with Crippen LogP contribution in [0, 0.1) is 0 Å². The Morgan fingerprint density at radius 1 is 0.906 bits per heavy atom. The Labute approximate surface area is 188 Å². The lowest BCUT2D eigenvalue weighted by Gasteiger charge is -2.34. The molecule has 1 saturated heterocycles. The van der Waals surface area contributed by atoms with Gasteiger partial charge in [-0.25, -0.2) is 16.8 Å². The van der Waals surface area contributed by atoms with E-state index in [-0.39, 0.29) is 40.6 Å². The molecule has 2 aromatic carbocycles. The third-order valence-electron chi connectivity index (χ3n) is 4.98. The molecule has 0 aromatic heterocycles. The van der Waals surface area contributed by atoms with Crippen molar-refractivity contribution >= 4 is 37.5 Å². The summed E-state index contributed by atoms with van der Waals surface area (Å²) in [6.45, 7) is -0.631. The number of rotatable bonds is 5. The van der Waals surface area contributed by atoms with Gasteiger partial charge in [-0.15, -0.1) is 3.82 Å². The van der Waals surface area contributed by atoms with Crippen LogP contribution in [0.2, 0.25) is 0 Å². The molecule has 1 heterocycles. The van der Waals surface area contributed by atoms with E-state index >= 15 is 0 Å². The summed E-state index contributed by atoms with van der Waals surface area (Å²) in [4.78, 5) is 11.3. The number of piperidine rings is 1. The molecule has 0 atom stereocenters. The molecule has 1 amide bonds. The number of hydrogen-bond donors (Lipinski definition) is 0. The summed E-state index contributed by atoms with van der Waals surface area (Å²) in [5.41, 5.74) is 0. The van der Waals surface area contributed by atoms with E-state index in [0.29, 0.717) is 8.72 Å². The first kappa shape index (κ1) is 24.5. The van der Waals surface area contributed by atoms with Crippen LogP contribution in [0.4, 0.5) is 13.2 Å². The predicted molar refractivity (Wildman–Crippen MR) is 109 cm³/mol. The maximum Gasteiger partial charge on any atom is 0.471 e. The predicted octanol–water partition coefficient (Wildman–Crippen LogP) is 3.22. The molecule has 0 N–H and O–H groups in total. The molecule has 0 spiro atoms. The summed E-state index contributed by atoms with van der Waals surface area (Å²) >= 11 is 6.06. The lowest BCUT2D eigenvalue weighted by atomic mass is 10.1. The Morgan fingerprint density at radius 3 is 2.00 bits per heavy atom. The Hall–Kier alpha value is -2.15. The van der Waals surface area contributed by atoms with Gasteiger partial charge in [-0.3, -0.25) is 4.79 Å². The second-order valence-electron chi connectivity index (χ2n) is 7.06. The molecule has 0 radical (unpaired) electrons. The van der Waals surface area contributed by atoms with Crippen LogP contribution in [-0.4, -0.2) is 56.8 Å². The van der Waals surface area contributed by atoms with Crippen LogP contribution < -0.4 is 0 Å². The number of carbonyl (C=O) groups is 1. The summed E-state index contributed by atoms with van der Waals surface area (Å²) in [6.07, 6.45) is -5.22. The number of benzene rings is 2. The van der Waals surface area contributed by atoms with Gasteiger partial charge in [0.15, 0.2) is 0 Å². The van der Waals surface area contributed by atoms with Crippen molar-refractivity contribution in [1.82, 2.24) is 8.72 Å². The molecule has 0 aliphatic carbocycles. The van der Waals surface area contributed by atoms with Gasteiger partial charge in [0.2, 0.25) is 9.84 Å². The minimum Gasteiger partial charge on any atom is -0.335 e. The molecule has 1 fully saturated rings. The van der Waals surface area contributed by atoms with Gasteiger partial charge in [-0.1, -0.05) is 24.3 Å². The number of carbonyl (C=O) groups excluding carboxylic acids is 1. The molecule has 3 rings (SSSR count). The number of sulfone groups is 1. The van der Waals surface area contributed by atoms with Crippen LogP contribution in [0.3, 0.4) is 0 Å². The van der Waals surface area contributed by atoms with Gasteiger partial charge in [-0.05, 0) is 55.0 Å². The van der Waals surface area contributed by atoms with Crippen molar-refractivity contribution < 1.29 is 34.8 Å². The highest BCUT2D eigenvalue weighted by Crippen LogP contribution is 2.30. The van der Waals surface area contributed by atoms with Gasteiger partial charge in [0.05, 0.1) is 14.7 Å². The lowest BCUT2D eigenvalue weighted by Crippen LogP contribution is -2.49. The molecule has 32 heavy (non-hydrogen) atoms. The molecule has 7 nitrogen and oxygen atoms in total. The van der Waals surface area contributed by atoms with Crippen molar-refractivity contribution in [2.45, 2.75) is 39.7 Å².